The van der Waals surface area contributed by atoms with E-state index in [2.05, 4.69) is 41.2 Å². The second-order valence-corrected chi connectivity index (χ2v) is 13.0. The number of unbranched alkanes of at least 4 members (excludes halogenated alkanes) is 2. The van der Waals surface area contributed by atoms with Crippen LogP contribution < -0.4 is 10.1 Å². The standard InChI is InChI=1S/C42H43N3O5S/c1-3-4-6-9-32-12-14-33(15-13-32)26-43-41(48)35-19-21-36(22-20-35)42-44-37(30-51-42)28-45(39(46)25-18-31-10-7-5-8-11-31)27-34-16-23-38(24-17-34)50-29-40(47)49-2/h5,7-8,10-25,30H,3-4,6,9,26-29H2,1-2H3,(H,43,48). The second-order valence-electron chi connectivity index (χ2n) is 12.1. The zero-order valence-corrected chi connectivity index (χ0v) is 29.9. The largest absolute Gasteiger partial charge is 0.482 e. The monoisotopic (exact) mass is 701 g/mol. The van der Waals surface area contributed by atoms with Gasteiger partial charge in [-0.25, -0.2) is 9.78 Å². The molecule has 1 N–H and O–H groups in total. The number of aryl methyl sites for hydroxylation is 1. The molecular formula is C42H43N3O5S. The molecule has 0 aliphatic rings. The number of rotatable bonds is 17. The Kier molecular flexibility index (Phi) is 13.7. The lowest BCUT2D eigenvalue weighted by Gasteiger charge is -2.21. The molecular weight excluding hydrogens is 659 g/mol. The maximum Gasteiger partial charge on any atom is 0.343 e. The highest BCUT2D eigenvalue weighted by molar-refractivity contribution is 7.13. The number of amides is 2. The molecule has 0 aliphatic heterocycles. The van der Waals surface area contributed by atoms with E-state index in [4.69, 9.17) is 9.72 Å². The van der Waals surface area contributed by atoms with Gasteiger partial charge in [0.2, 0.25) is 5.91 Å². The number of hydrogen-bond acceptors (Lipinski definition) is 7. The van der Waals surface area contributed by atoms with Gasteiger partial charge in [0.25, 0.3) is 5.91 Å². The Bertz CT molecular complexity index is 1890. The molecule has 0 atom stereocenters. The molecule has 5 rings (SSSR count). The van der Waals surface area contributed by atoms with Crippen LogP contribution in [0.15, 0.2) is 115 Å². The van der Waals surface area contributed by atoms with Crippen molar-refractivity contribution in [3.8, 4) is 16.3 Å². The predicted molar refractivity (Wildman–Crippen MR) is 202 cm³/mol. The van der Waals surface area contributed by atoms with E-state index in [-0.39, 0.29) is 18.4 Å². The fourth-order valence-corrected chi connectivity index (χ4v) is 6.14. The minimum atomic E-state index is -0.463. The summed E-state index contributed by atoms with van der Waals surface area (Å²) in [6, 6.07) is 32.8. The summed E-state index contributed by atoms with van der Waals surface area (Å²) in [6.45, 7) is 3.14. The summed E-state index contributed by atoms with van der Waals surface area (Å²) in [5, 5.41) is 5.77. The van der Waals surface area contributed by atoms with Gasteiger partial charge < -0.3 is 19.7 Å². The van der Waals surface area contributed by atoms with Gasteiger partial charge in [0.15, 0.2) is 6.61 Å². The fourth-order valence-electron chi connectivity index (χ4n) is 5.32. The number of hydrogen-bond donors (Lipinski definition) is 1. The molecule has 1 aromatic heterocycles. The number of methoxy groups -OCH3 is 1. The SMILES string of the molecule is CCCCCc1ccc(CNC(=O)c2ccc(-c3nc(CN(Cc4ccc(OCC(=O)OC)cc4)C(=O)C=Cc4ccccc4)cs3)cc2)cc1. The van der Waals surface area contributed by atoms with Crippen molar-refractivity contribution in [3.05, 3.63) is 148 Å². The summed E-state index contributed by atoms with van der Waals surface area (Å²) < 4.78 is 10.1. The molecule has 0 spiro atoms. The number of nitrogens with one attached hydrogen (secondary N) is 1. The summed E-state index contributed by atoms with van der Waals surface area (Å²) in [4.78, 5) is 44.4. The van der Waals surface area contributed by atoms with Crippen molar-refractivity contribution in [2.45, 2.75) is 52.2 Å². The van der Waals surface area contributed by atoms with Crippen LogP contribution in [0, 0.1) is 0 Å². The average Bonchev–Trinajstić information content (AvgIpc) is 3.65. The molecule has 9 heteroatoms. The van der Waals surface area contributed by atoms with Crippen molar-refractivity contribution in [2.24, 2.45) is 0 Å². The van der Waals surface area contributed by atoms with Gasteiger partial charge in [-0.05, 0) is 65.4 Å². The van der Waals surface area contributed by atoms with Crippen molar-refractivity contribution < 1.29 is 23.9 Å². The molecule has 0 saturated heterocycles. The molecule has 0 unspecified atom stereocenters. The Morgan fingerprint density at radius 3 is 2.24 bits per heavy atom. The van der Waals surface area contributed by atoms with Crippen LogP contribution in [0.5, 0.6) is 5.75 Å². The molecule has 0 saturated carbocycles. The topological polar surface area (TPSA) is 97.8 Å². The summed E-state index contributed by atoms with van der Waals surface area (Å²) in [7, 11) is 1.31. The number of carbonyl (C=O) groups is 3. The van der Waals surface area contributed by atoms with Crippen LogP contribution in [-0.4, -0.2) is 41.4 Å². The highest BCUT2D eigenvalue weighted by atomic mass is 32.1. The van der Waals surface area contributed by atoms with E-state index >= 15 is 0 Å². The van der Waals surface area contributed by atoms with Crippen LogP contribution in [0.1, 0.15) is 64.5 Å². The highest BCUT2D eigenvalue weighted by Gasteiger charge is 2.16. The Labute approximate surface area is 303 Å². The zero-order chi connectivity index (χ0) is 35.8. The van der Waals surface area contributed by atoms with E-state index in [1.807, 2.05) is 72.1 Å². The quantitative estimate of drug-likeness (QED) is 0.0596. The van der Waals surface area contributed by atoms with Crippen LogP contribution in [-0.2, 0) is 40.4 Å². The van der Waals surface area contributed by atoms with Gasteiger partial charge in [-0.15, -0.1) is 11.3 Å². The molecule has 1 heterocycles. The third kappa shape index (κ3) is 11.5. The average molecular weight is 702 g/mol. The molecule has 51 heavy (non-hydrogen) atoms. The number of benzene rings is 4. The first-order chi connectivity index (χ1) is 24.9. The summed E-state index contributed by atoms with van der Waals surface area (Å²) in [5.74, 6) is -0.219. The molecule has 262 valence electrons. The van der Waals surface area contributed by atoms with E-state index in [1.165, 1.54) is 43.3 Å². The van der Waals surface area contributed by atoms with Crippen LogP contribution in [0.25, 0.3) is 16.6 Å². The maximum absolute atomic E-state index is 13.5. The second kappa shape index (κ2) is 19.0. The number of aromatic nitrogens is 1. The van der Waals surface area contributed by atoms with Gasteiger partial charge in [0, 0.05) is 35.7 Å². The Morgan fingerprint density at radius 2 is 1.53 bits per heavy atom. The Hall–Kier alpha value is -5.54. The molecule has 8 nitrogen and oxygen atoms in total. The Balaban J connectivity index is 1.21. The first-order valence-electron chi connectivity index (χ1n) is 17.1. The fraction of sp³-hybridized carbons (Fsp3) is 0.238. The number of esters is 1. The maximum atomic E-state index is 13.5. The Morgan fingerprint density at radius 1 is 0.824 bits per heavy atom. The first kappa shape index (κ1) is 36.7. The third-order valence-electron chi connectivity index (χ3n) is 8.25. The minimum absolute atomic E-state index is 0.130. The number of thiazole rings is 1. The van der Waals surface area contributed by atoms with Crippen molar-refractivity contribution in [1.29, 1.82) is 0 Å². The lowest BCUT2D eigenvalue weighted by molar-refractivity contribution is -0.142. The molecule has 2 amide bonds. The first-order valence-corrected chi connectivity index (χ1v) is 18.0. The molecule has 5 aromatic rings. The minimum Gasteiger partial charge on any atom is -0.482 e. The van der Waals surface area contributed by atoms with Gasteiger partial charge in [-0.3, -0.25) is 9.59 Å². The summed E-state index contributed by atoms with van der Waals surface area (Å²) in [6.07, 6.45) is 8.11. The summed E-state index contributed by atoms with van der Waals surface area (Å²) in [5.41, 5.74) is 6.45. The van der Waals surface area contributed by atoms with Crippen LogP contribution in [0.4, 0.5) is 0 Å². The van der Waals surface area contributed by atoms with Crippen LogP contribution in [0.2, 0.25) is 0 Å². The van der Waals surface area contributed by atoms with E-state index in [9.17, 15) is 14.4 Å². The zero-order valence-electron chi connectivity index (χ0n) is 29.0. The molecule has 0 aliphatic carbocycles. The number of ether oxygens (including phenoxy) is 2. The van der Waals surface area contributed by atoms with Crippen LogP contribution >= 0.6 is 11.3 Å². The number of nitrogens with zero attached hydrogens (tertiary/aromatic N) is 2. The van der Waals surface area contributed by atoms with Crippen molar-refractivity contribution in [3.63, 3.8) is 0 Å². The predicted octanol–water partition coefficient (Wildman–Crippen LogP) is 8.27. The van der Waals surface area contributed by atoms with Gasteiger partial charge >= 0.3 is 5.97 Å². The van der Waals surface area contributed by atoms with Crippen molar-refractivity contribution in [1.82, 2.24) is 15.2 Å². The van der Waals surface area contributed by atoms with Crippen molar-refractivity contribution in [2.75, 3.05) is 13.7 Å². The van der Waals surface area contributed by atoms with E-state index in [0.29, 0.717) is 30.9 Å². The molecule has 0 radical (unpaired) electrons. The van der Waals surface area contributed by atoms with E-state index in [1.54, 1.807) is 29.2 Å². The summed E-state index contributed by atoms with van der Waals surface area (Å²) >= 11 is 1.49. The normalized spacial score (nSPS) is 10.9. The van der Waals surface area contributed by atoms with E-state index in [0.717, 1.165) is 39.4 Å². The lowest BCUT2D eigenvalue weighted by Crippen LogP contribution is -2.28. The van der Waals surface area contributed by atoms with Crippen molar-refractivity contribution >= 4 is 35.2 Å². The van der Waals surface area contributed by atoms with Gasteiger partial charge in [-0.2, -0.15) is 0 Å². The lowest BCUT2D eigenvalue weighted by atomic mass is 10.1. The molecule has 4 aromatic carbocycles. The molecule has 0 bridgehead atoms. The van der Waals surface area contributed by atoms with Gasteiger partial charge in [0.1, 0.15) is 10.8 Å². The van der Waals surface area contributed by atoms with Gasteiger partial charge in [0.05, 0.1) is 19.3 Å². The number of carbonyl (C=O) groups excluding carboxylic acids is 3. The van der Waals surface area contributed by atoms with Crippen LogP contribution in [0.3, 0.4) is 0 Å². The van der Waals surface area contributed by atoms with E-state index < -0.39 is 5.97 Å². The highest BCUT2D eigenvalue weighted by Crippen LogP contribution is 2.26. The molecule has 0 fully saturated rings. The van der Waals surface area contributed by atoms with Gasteiger partial charge in [-0.1, -0.05) is 98.6 Å². The smallest absolute Gasteiger partial charge is 0.343 e. The third-order valence-corrected chi connectivity index (χ3v) is 9.19.